The van der Waals surface area contributed by atoms with Crippen molar-refractivity contribution in [2.75, 3.05) is 57.8 Å². The summed E-state index contributed by atoms with van der Waals surface area (Å²) in [5.74, 6) is 0.638. The quantitative estimate of drug-likeness (QED) is 0.327. The molecule has 1 aromatic carbocycles. The molecule has 3 saturated heterocycles. The number of carbonyl (C=O) groups excluding carboxylic acids is 2. The fraction of sp³-hybridized carbons (Fsp3) is 0.656. The van der Waals surface area contributed by atoms with Crippen LogP contribution >= 0.6 is 11.8 Å². The number of benzene rings is 1. The Morgan fingerprint density at radius 1 is 0.936 bits per heavy atom. The van der Waals surface area contributed by atoms with Crippen LogP contribution in [0.15, 0.2) is 23.1 Å². The first-order chi connectivity index (χ1) is 22.4. The van der Waals surface area contributed by atoms with Crippen molar-refractivity contribution >= 4 is 33.6 Å². The number of sulfonamides is 1. The van der Waals surface area contributed by atoms with E-state index in [1.54, 1.807) is 4.90 Å². The Morgan fingerprint density at radius 3 is 2.34 bits per heavy atom. The Hall–Kier alpha value is -2.62. The number of alkyl halides is 3. The van der Waals surface area contributed by atoms with Gasteiger partial charge in [0.05, 0.1) is 17.5 Å². The maximum Gasteiger partial charge on any atom is 0.417 e. The normalized spacial score (nSPS) is 20.5. The van der Waals surface area contributed by atoms with Crippen LogP contribution in [0.1, 0.15) is 61.8 Å². The Kier molecular flexibility index (Phi) is 10.3. The summed E-state index contributed by atoms with van der Waals surface area (Å²) in [6.45, 7) is 5.65. The van der Waals surface area contributed by atoms with Gasteiger partial charge >= 0.3 is 6.18 Å². The highest BCUT2D eigenvalue weighted by molar-refractivity contribution is 7.99. The monoisotopic (exact) mass is 696 g/mol. The number of aryl methyl sites for hydroxylation is 1. The van der Waals surface area contributed by atoms with E-state index in [1.165, 1.54) is 22.7 Å². The smallest absolute Gasteiger partial charge is 0.342 e. The summed E-state index contributed by atoms with van der Waals surface area (Å²) in [7, 11) is -3.48. The summed E-state index contributed by atoms with van der Waals surface area (Å²) in [4.78, 5) is 30.4. The van der Waals surface area contributed by atoms with Gasteiger partial charge in [0.15, 0.2) is 0 Å². The van der Waals surface area contributed by atoms with Crippen LogP contribution < -0.4 is 0 Å². The number of rotatable bonds is 11. The van der Waals surface area contributed by atoms with E-state index in [-0.39, 0.29) is 23.3 Å². The van der Waals surface area contributed by atoms with E-state index in [4.69, 9.17) is 5.10 Å². The first-order valence-electron chi connectivity index (χ1n) is 16.6. The summed E-state index contributed by atoms with van der Waals surface area (Å²) in [6.07, 6.45) is 2.70. The molecule has 258 valence electrons. The predicted molar refractivity (Wildman–Crippen MR) is 173 cm³/mol. The fourth-order valence-electron chi connectivity index (χ4n) is 7.35. The van der Waals surface area contributed by atoms with E-state index in [2.05, 4.69) is 4.90 Å². The molecule has 0 N–H and O–H groups in total. The highest BCUT2D eigenvalue weighted by Crippen LogP contribution is 2.40. The zero-order chi connectivity index (χ0) is 33.3. The molecule has 2 aromatic rings. The molecule has 4 aliphatic heterocycles. The summed E-state index contributed by atoms with van der Waals surface area (Å²) in [5, 5.41) is 4.91. The van der Waals surface area contributed by atoms with E-state index in [0.717, 1.165) is 87.4 Å². The minimum Gasteiger partial charge on any atom is -0.342 e. The number of piperidine rings is 1. The Morgan fingerprint density at radius 2 is 1.68 bits per heavy atom. The zero-order valence-corrected chi connectivity index (χ0v) is 28.4. The SMILES string of the molecule is CS(=O)(=O)N1CCc2c(c(-c3ccc(C(F)(F)F)c(SCCN4CCCC4=O)c3)nn2CCCN2CCC(N3CCCC3=O)CC2)C1. The standard InChI is InChI=1S/C32H43F3N6O4S2/c1-47(44,45)39-18-11-27-25(22-39)31(36-41(27)15-4-12-37-16-9-24(10-17-37)40-14-3-6-30(40)43)23-7-8-26(32(33,34)35)28(21-23)46-20-19-38-13-2-5-29(38)42/h7-8,21,24H,2-6,9-20,22H2,1H3. The fourth-order valence-corrected chi connectivity index (χ4v) is 9.22. The molecule has 0 atom stereocenters. The lowest BCUT2D eigenvalue weighted by Crippen LogP contribution is -2.45. The Labute approximate surface area is 278 Å². The van der Waals surface area contributed by atoms with Crippen LogP contribution in [0.4, 0.5) is 13.2 Å². The van der Waals surface area contributed by atoms with Gasteiger partial charge in [-0.2, -0.15) is 22.6 Å². The third-order valence-corrected chi connectivity index (χ3v) is 12.2. The maximum atomic E-state index is 14.1. The number of likely N-dealkylation sites (tertiary alicyclic amines) is 3. The molecular weight excluding hydrogens is 654 g/mol. The van der Waals surface area contributed by atoms with E-state index in [9.17, 15) is 31.2 Å². The van der Waals surface area contributed by atoms with Gasteiger partial charge in [0.25, 0.3) is 0 Å². The lowest BCUT2D eigenvalue weighted by molar-refractivity contribution is -0.139. The Balaban J connectivity index is 1.19. The second-order valence-electron chi connectivity index (χ2n) is 13.0. The molecule has 10 nitrogen and oxygen atoms in total. The minimum atomic E-state index is -4.55. The van der Waals surface area contributed by atoms with Crippen molar-refractivity contribution < 1.29 is 31.2 Å². The van der Waals surface area contributed by atoms with Crippen LogP contribution in [0.5, 0.6) is 0 Å². The number of fused-ring (bicyclic) bond motifs is 1. The predicted octanol–water partition coefficient (Wildman–Crippen LogP) is 4.08. The third-order valence-electron chi connectivity index (χ3n) is 9.87. The van der Waals surface area contributed by atoms with Gasteiger partial charge in [-0.15, -0.1) is 11.8 Å². The highest BCUT2D eigenvalue weighted by Gasteiger charge is 2.35. The summed E-state index contributed by atoms with van der Waals surface area (Å²) < 4.78 is 70.5. The molecule has 2 amide bonds. The molecule has 1 aromatic heterocycles. The lowest BCUT2D eigenvalue weighted by Gasteiger charge is -2.36. The van der Waals surface area contributed by atoms with Gasteiger partial charge < -0.3 is 14.7 Å². The zero-order valence-electron chi connectivity index (χ0n) is 26.8. The molecular formula is C32H43F3N6O4S2. The summed E-state index contributed by atoms with van der Waals surface area (Å²) >= 11 is 1.08. The molecule has 15 heteroatoms. The highest BCUT2D eigenvalue weighted by atomic mass is 32.2. The summed E-state index contributed by atoms with van der Waals surface area (Å²) in [5.41, 5.74) is 1.95. The number of thioether (sulfide) groups is 1. The van der Waals surface area contributed by atoms with Crippen molar-refractivity contribution in [3.8, 4) is 11.3 Å². The molecule has 0 spiro atoms. The molecule has 4 aliphatic rings. The van der Waals surface area contributed by atoms with Crippen LogP contribution in [0.25, 0.3) is 11.3 Å². The average Bonchev–Trinajstić information content (AvgIpc) is 3.75. The molecule has 47 heavy (non-hydrogen) atoms. The first-order valence-corrected chi connectivity index (χ1v) is 19.4. The molecule has 0 aliphatic carbocycles. The van der Waals surface area contributed by atoms with Crippen molar-refractivity contribution in [1.82, 2.24) is 28.8 Å². The van der Waals surface area contributed by atoms with Crippen molar-refractivity contribution in [1.29, 1.82) is 0 Å². The molecule has 0 radical (unpaired) electrons. The molecule has 3 fully saturated rings. The second-order valence-corrected chi connectivity index (χ2v) is 16.1. The van der Waals surface area contributed by atoms with Crippen LogP contribution in [-0.2, 0) is 45.3 Å². The average molecular weight is 697 g/mol. The van der Waals surface area contributed by atoms with E-state index >= 15 is 0 Å². The van der Waals surface area contributed by atoms with Crippen LogP contribution in [-0.4, -0.2) is 113 Å². The molecule has 6 rings (SSSR count). The van der Waals surface area contributed by atoms with Crippen LogP contribution in [0.2, 0.25) is 0 Å². The van der Waals surface area contributed by atoms with Gasteiger partial charge in [0.1, 0.15) is 0 Å². The van der Waals surface area contributed by atoms with Crippen molar-refractivity contribution in [2.24, 2.45) is 0 Å². The number of hydrogen-bond acceptors (Lipinski definition) is 7. The van der Waals surface area contributed by atoms with Crippen molar-refractivity contribution in [3.05, 3.63) is 35.0 Å². The van der Waals surface area contributed by atoms with Gasteiger partial charge in [-0.1, -0.05) is 6.07 Å². The number of hydrogen-bond donors (Lipinski definition) is 0. The minimum absolute atomic E-state index is 0.0334. The van der Waals surface area contributed by atoms with Gasteiger partial charge in [0, 0.05) is 105 Å². The van der Waals surface area contributed by atoms with E-state index in [1.807, 2.05) is 9.58 Å². The molecule has 0 saturated carbocycles. The number of aromatic nitrogens is 2. The second kappa shape index (κ2) is 14.1. The van der Waals surface area contributed by atoms with Gasteiger partial charge in [-0.25, -0.2) is 8.42 Å². The largest absolute Gasteiger partial charge is 0.417 e. The maximum absolute atomic E-state index is 14.1. The lowest BCUT2D eigenvalue weighted by atomic mass is 10.0. The Bertz CT molecular complexity index is 1590. The van der Waals surface area contributed by atoms with Crippen LogP contribution in [0.3, 0.4) is 0 Å². The molecule has 0 bridgehead atoms. The summed E-state index contributed by atoms with van der Waals surface area (Å²) in [6, 6.07) is 4.36. The van der Waals surface area contributed by atoms with Crippen molar-refractivity contribution in [3.63, 3.8) is 0 Å². The third kappa shape index (κ3) is 7.83. The topological polar surface area (TPSA) is 99.1 Å². The van der Waals surface area contributed by atoms with Crippen molar-refractivity contribution in [2.45, 2.75) is 81.6 Å². The number of halogens is 3. The van der Waals surface area contributed by atoms with Gasteiger partial charge in [-0.05, 0) is 50.8 Å². The van der Waals surface area contributed by atoms with E-state index in [0.29, 0.717) is 68.5 Å². The number of nitrogens with zero attached hydrogens (tertiary/aromatic N) is 6. The molecule has 0 unspecified atom stereocenters. The van der Waals surface area contributed by atoms with E-state index < -0.39 is 21.8 Å². The first kappa shape index (κ1) is 34.3. The van der Waals surface area contributed by atoms with Crippen LogP contribution in [0, 0.1) is 0 Å². The number of carbonyl (C=O) groups is 2. The van der Waals surface area contributed by atoms with Gasteiger partial charge in [0.2, 0.25) is 21.8 Å². The number of amides is 2. The molecule has 5 heterocycles. The van der Waals surface area contributed by atoms with Gasteiger partial charge in [-0.3, -0.25) is 14.3 Å².